The first kappa shape index (κ1) is 17.2. The number of nitro groups is 1. The highest BCUT2D eigenvalue weighted by atomic mass is 16.6. The van der Waals surface area contributed by atoms with Crippen LogP contribution >= 0.6 is 0 Å². The predicted molar refractivity (Wildman–Crippen MR) is 74.0 cm³/mol. The first-order valence-corrected chi connectivity index (χ1v) is 6.29. The van der Waals surface area contributed by atoms with E-state index in [9.17, 15) is 25.4 Å². The van der Waals surface area contributed by atoms with Gasteiger partial charge in [0.15, 0.2) is 0 Å². The molecule has 21 heavy (non-hydrogen) atoms. The van der Waals surface area contributed by atoms with Gasteiger partial charge in [-0.1, -0.05) is 0 Å². The summed E-state index contributed by atoms with van der Waals surface area (Å²) in [5.74, 6) is -0.0344. The van der Waals surface area contributed by atoms with E-state index in [4.69, 9.17) is 5.11 Å². The lowest BCUT2D eigenvalue weighted by molar-refractivity contribution is -0.384. The minimum absolute atomic E-state index is 0.0344. The molecule has 5 N–H and O–H groups in total. The van der Waals surface area contributed by atoms with E-state index in [0.717, 1.165) is 0 Å². The molecule has 1 aromatic rings. The number of aliphatic hydroxyl groups excluding tert-OH is 4. The van der Waals surface area contributed by atoms with E-state index >= 15 is 0 Å². The van der Waals surface area contributed by atoms with Gasteiger partial charge in [0.1, 0.15) is 12.2 Å². The highest BCUT2D eigenvalue weighted by molar-refractivity contribution is 5.57. The average Bonchev–Trinajstić information content (AvgIpc) is 2.45. The van der Waals surface area contributed by atoms with Crippen LogP contribution in [0.4, 0.5) is 11.5 Å². The summed E-state index contributed by atoms with van der Waals surface area (Å²) in [5, 5.41) is 50.6. The van der Waals surface area contributed by atoms with Crippen molar-refractivity contribution >= 4 is 11.5 Å². The molecule has 0 saturated heterocycles. The van der Waals surface area contributed by atoms with E-state index in [1.165, 1.54) is 6.07 Å². The van der Waals surface area contributed by atoms with Crippen LogP contribution in [-0.4, -0.2) is 61.8 Å². The zero-order valence-corrected chi connectivity index (χ0v) is 11.7. The van der Waals surface area contributed by atoms with Crippen LogP contribution in [0, 0.1) is 24.0 Å². The molecule has 0 aromatic carbocycles. The van der Waals surface area contributed by atoms with Gasteiger partial charge in [-0.3, -0.25) is 10.1 Å². The Labute approximate surface area is 121 Å². The molecule has 1 aromatic heterocycles. The number of nitrogens with one attached hydrogen (secondary N) is 1. The van der Waals surface area contributed by atoms with Crippen molar-refractivity contribution in [2.75, 3.05) is 18.5 Å². The molecule has 1 heterocycles. The molecule has 0 fully saturated rings. The summed E-state index contributed by atoms with van der Waals surface area (Å²) in [6.07, 6.45) is -4.49. The lowest BCUT2D eigenvalue weighted by Gasteiger charge is -2.21. The first-order valence-electron chi connectivity index (χ1n) is 6.29. The van der Waals surface area contributed by atoms with Crippen molar-refractivity contribution in [1.82, 2.24) is 4.98 Å². The number of anilines is 1. The second-order valence-corrected chi connectivity index (χ2v) is 4.70. The summed E-state index contributed by atoms with van der Waals surface area (Å²) < 4.78 is 0. The third-order valence-electron chi connectivity index (χ3n) is 3.10. The van der Waals surface area contributed by atoms with Crippen molar-refractivity contribution in [1.29, 1.82) is 0 Å². The predicted octanol–water partition coefficient (Wildman–Crippen LogP) is -0.906. The van der Waals surface area contributed by atoms with Crippen LogP contribution in [-0.2, 0) is 0 Å². The zero-order chi connectivity index (χ0) is 16.2. The molecule has 0 bridgehead atoms. The lowest BCUT2D eigenvalue weighted by atomic mass is 10.1. The standard InChI is InChI=1S/C12H19N3O6/c1-6-3-8(15(20)21)12(14-7(6)2)13-4-9(17)11(19)10(18)5-16/h3,9-11,16-19H,4-5H2,1-2H3,(H,13,14). The Morgan fingerprint density at radius 1 is 1.33 bits per heavy atom. The number of hydrogen-bond donors (Lipinski definition) is 5. The Bertz CT molecular complexity index is 510. The van der Waals surface area contributed by atoms with E-state index in [2.05, 4.69) is 10.3 Å². The van der Waals surface area contributed by atoms with E-state index in [1.54, 1.807) is 13.8 Å². The molecular weight excluding hydrogens is 282 g/mol. The number of pyridine rings is 1. The smallest absolute Gasteiger partial charge is 0.311 e. The lowest BCUT2D eigenvalue weighted by Crippen LogP contribution is -2.43. The fraction of sp³-hybridized carbons (Fsp3) is 0.583. The van der Waals surface area contributed by atoms with E-state index in [0.29, 0.717) is 11.3 Å². The molecule has 9 heteroatoms. The minimum atomic E-state index is -1.58. The van der Waals surface area contributed by atoms with Crippen molar-refractivity contribution in [3.05, 3.63) is 27.4 Å². The van der Waals surface area contributed by atoms with Crippen LogP contribution in [0.2, 0.25) is 0 Å². The maximum Gasteiger partial charge on any atom is 0.311 e. The Morgan fingerprint density at radius 2 is 1.95 bits per heavy atom. The number of aromatic nitrogens is 1. The van der Waals surface area contributed by atoms with Gasteiger partial charge in [0.25, 0.3) is 0 Å². The van der Waals surface area contributed by atoms with Crippen molar-refractivity contribution in [3.63, 3.8) is 0 Å². The Morgan fingerprint density at radius 3 is 2.48 bits per heavy atom. The number of aryl methyl sites for hydroxylation is 2. The molecule has 3 atom stereocenters. The highest BCUT2D eigenvalue weighted by Crippen LogP contribution is 2.24. The van der Waals surface area contributed by atoms with Gasteiger partial charge in [0.2, 0.25) is 5.82 Å². The summed E-state index contributed by atoms with van der Waals surface area (Å²) in [5.41, 5.74) is 1.000. The largest absolute Gasteiger partial charge is 0.394 e. The first-order chi connectivity index (χ1) is 9.77. The summed E-state index contributed by atoms with van der Waals surface area (Å²) in [6, 6.07) is 1.36. The summed E-state index contributed by atoms with van der Waals surface area (Å²) in [7, 11) is 0. The van der Waals surface area contributed by atoms with Crippen LogP contribution in [0.3, 0.4) is 0 Å². The third kappa shape index (κ3) is 4.33. The molecule has 0 amide bonds. The fourth-order valence-corrected chi connectivity index (χ4v) is 1.65. The van der Waals surface area contributed by atoms with Crippen LogP contribution in [0.25, 0.3) is 0 Å². The van der Waals surface area contributed by atoms with Crippen LogP contribution in [0.1, 0.15) is 11.3 Å². The molecule has 9 nitrogen and oxygen atoms in total. The SMILES string of the molecule is Cc1cc([N+](=O)[O-])c(NCC(O)C(O)C(O)CO)nc1C. The van der Waals surface area contributed by atoms with E-state index < -0.39 is 29.8 Å². The van der Waals surface area contributed by atoms with E-state index in [-0.39, 0.29) is 18.1 Å². The minimum Gasteiger partial charge on any atom is -0.394 e. The number of nitrogens with zero attached hydrogens (tertiary/aromatic N) is 2. The fourth-order valence-electron chi connectivity index (χ4n) is 1.65. The number of aliphatic hydroxyl groups is 4. The third-order valence-corrected chi connectivity index (χ3v) is 3.10. The maximum atomic E-state index is 11.0. The quantitative estimate of drug-likeness (QED) is 0.321. The Kier molecular flexibility index (Phi) is 5.97. The van der Waals surface area contributed by atoms with E-state index in [1.807, 2.05) is 0 Å². The zero-order valence-electron chi connectivity index (χ0n) is 11.7. The molecule has 0 aliphatic carbocycles. The summed E-state index contributed by atoms with van der Waals surface area (Å²) >= 11 is 0. The normalized spacial score (nSPS) is 15.3. The topological polar surface area (TPSA) is 149 Å². The highest BCUT2D eigenvalue weighted by Gasteiger charge is 2.25. The van der Waals surface area contributed by atoms with Gasteiger partial charge in [-0.25, -0.2) is 4.98 Å². The molecule has 118 valence electrons. The summed E-state index contributed by atoms with van der Waals surface area (Å²) in [4.78, 5) is 14.4. The van der Waals surface area contributed by atoms with Crippen molar-refractivity contribution in [2.24, 2.45) is 0 Å². The van der Waals surface area contributed by atoms with Gasteiger partial charge < -0.3 is 25.7 Å². The molecular formula is C12H19N3O6. The second-order valence-electron chi connectivity index (χ2n) is 4.70. The van der Waals surface area contributed by atoms with Crippen molar-refractivity contribution in [2.45, 2.75) is 32.2 Å². The van der Waals surface area contributed by atoms with Gasteiger partial charge in [-0.15, -0.1) is 0 Å². The van der Waals surface area contributed by atoms with Gasteiger partial charge in [0, 0.05) is 18.3 Å². The Balaban J connectivity index is 2.84. The second kappa shape index (κ2) is 7.27. The monoisotopic (exact) mass is 301 g/mol. The van der Waals surface area contributed by atoms with Crippen molar-refractivity contribution in [3.8, 4) is 0 Å². The number of hydrogen-bond acceptors (Lipinski definition) is 8. The molecule has 0 saturated carbocycles. The summed E-state index contributed by atoms with van der Waals surface area (Å²) in [6.45, 7) is 2.40. The van der Waals surface area contributed by atoms with Crippen LogP contribution < -0.4 is 5.32 Å². The molecule has 0 radical (unpaired) electrons. The Hall–Kier alpha value is -1.81. The molecule has 0 aliphatic rings. The van der Waals surface area contributed by atoms with Crippen molar-refractivity contribution < 1.29 is 25.3 Å². The average molecular weight is 301 g/mol. The van der Waals surface area contributed by atoms with Gasteiger partial charge in [-0.2, -0.15) is 0 Å². The molecule has 3 unspecified atom stereocenters. The maximum absolute atomic E-state index is 11.0. The van der Waals surface area contributed by atoms with Crippen LogP contribution in [0.5, 0.6) is 0 Å². The number of rotatable bonds is 7. The molecule has 1 rings (SSSR count). The van der Waals surface area contributed by atoms with Gasteiger partial charge in [0.05, 0.1) is 17.6 Å². The van der Waals surface area contributed by atoms with Gasteiger partial charge in [-0.05, 0) is 19.4 Å². The van der Waals surface area contributed by atoms with Gasteiger partial charge >= 0.3 is 5.69 Å². The molecule has 0 spiro atoms. The molecule has 0 aliphatic heterocycles. The van der Waals surface area contributed by atoms with Crippen LogP contribution in [0.15, 0.2) is 6.07 Å².